The topological polar surface area (TPSA) is 123 Å². The third-order valence-electron chi connectivity index (χ3n) is 4.04. The maximum atomic E-state index is 12.7. The van der Waals surface area contributed by atoms with E-state index in [1.807, 2.05) is 29.6 Å². The standard InChI is InChI=1S/C19H16N6O3S2/c1-28-13-7-3-2-6-12(13)21-18-23-15(22-17(20)24-18)10-25-16(26)14(30-19(25)27)9-11-5-4-8-29-11/h2-9H,10H2,1H3,(H3,20,21,22,23,24)/b14-9+. The van der Waals surface area contributed by atoms with Crippen molar-refractivity contribution in [3.05, 3.63) is 57.4 Å². The molecule has 1 aliphatic rings. The maximum Gasteiger partial charge on any atom is 0.293 e. The van der Waals surface area contributed by atoms with Crippen molar-refractivity contribution in [2.75, 3.05) is 18.2 Å². The Morgan fingerprint density at radius 1 is 1.17 bits per heavy atom. The third kappa shape index (κ3) is 4.26. The number of amides is 2. The summed E-state index contributed by atoms with van der Waals surface area (Å²) in [6.45, 7) is -0.111. The molecule has 3 heterocycles. The van der Waals surface area contributed by atoms with E-state index in [-0.39, 0.29) is 29.5 Å². The summed E-state index contributed by atoms with van der Waals surface area (Å²) in [5.74, 6) is 0.556. The number of hydrogen-bond donors (Lipinski definition) is 2. The van der Waals surface area contributed by atoms with Crippen LogP contribution in [0.25, 0.3) is 6.08 Å². The summed E-state index contributed by atoms with van der Waals surface area (Å²) in [6, 6.07) is 11.0. The Morgan fingerprint density at radius 3 is 2.77 bits per heavy atom. The smallest absolute Gasteiger partial charge is 0.293 e. The molecule has 0 radical (unpaired) electrons. The SMILES string of the molecule is COc1ccccc1Nc1nc(N)nc(CN2C(=O)S/C(=C/c3cccs3)C2=O)n1. The molecule has 0 saturated carbocycles. The van der Waals surface area contributed by atoms with Crippen LogP contribution in [0.4, 0.5) is 22.4 Å². The molecule has 30 heavy (non-hydrogen) atoms. The van der Waals surface area contributed by atoms with Gasteiger partial charge in [0.1, 0.15) is 5.75 Å². The number of carbonyl (C=O) groups is 2. The minimum atomic E-state index is -0.392. The molecule has 1 fully saturated rings. The highest BCUT2D eigenvalue weighted by Crippen LogP contribution is 2.34. The number of anilines is 3. The highest BCUT2D eigenvalue weighted by Gasteiger charge is 2.35. The number of ether oxygens (including phenoxy) is 1. The van der Waals surface area contributed by atoms with E-state index >= 15 is 0 Å². The van der Waals surface area contributed by atoms with Gasteiger partial charge in [-0.05, 0) is 41.4 Å². The molecular weight excluding hydrogens is 424 g/mol. The molecule has 1 saturated heterocycles. The van der Waals surface area contributed by atoms with Crippen molar-refractivity contribution in [2.24, 2.45) is 0 Å². The first-order valence-electron chi connectivity index (χ1n) is 8.73. The fourth-order valence-corrected chi connectivity index (χ4v) is 4.27. The largest absolute Gasteiger partial charge is 0.495 e. The van der Waals surface area contributed by atoms with Crippen LogP contribution in [0.5, 0.6) is 5.75 Å². The first kappa shape index (κ1) is 19.9. The van der Waals surface area contributed by atoms with Gasteiger partial charge in [-0.25, -0.2) is 0 Å². The summed E-state index contributed by atoms with van der Waals surface area (Å²) in [5, 5.41) is 4.53. The zero-order chi connectivity index (χ0) is 21.1. The van der Waals surface area contributed by atoms with Gasteiger partial charge in [-0.1, -0.05) is 18.2 Å². The van der Waals surface area contributed by atoms with Gasteiger partial charge in [-0.15, -0.1) is 11.3 Å². The Balaban J connectivity index is 1.55. The summed E-state index contributed by atoms with van der Waals surface area (Å²) in [7, 11) is 1.55. The molecule has 9 nitrogen and oxygen atoms in total. The molecule has 0 unspecified atom stereocenters. The normalized spacial score (nSPS) is 15.1. The number of nitrogens with two attached hydrogens (primary N) is 1. The van der Waals surface area contributed by atoms with Crippen molar-refractivity contribution in [1.29, 1.82) is 0 Å². The van der Waals surface area contributed by atoms with Gasteiger partial charge in [-0.3, -0.25) is 14.5 Å². The Kier molecular flexibility index (Phi) is 5.63. The summed E-state index contributed by atoms with van der Waals surface area (Å²) in [6.07, 6.45) is 1.70. The fourth-order valence-electron chi connectivity index (χ4n) is 2.71. The van der Waals surface area contributed by atoms with Crippen LogP contribution in [0.2, 0.25) is 0 Å². The number of aromatic nitrogens is 3. The van der Waals surface area contributed by atoms with E-state index < -0.39 is 5.91 Å². The van der Waals surface area contributed by atoms with Gasteiger partial charge >= 0.3 is 0 Å². The molecule has 4 rings (SSSR count). The van der Waals surface area contributed by atoms with Crippen LogP contribution in [0.15, 0.2) is 46.7 Å². The molecular formula is C19H16N6O3S2. The second kappa shape index (κ2) is 8.51. The van der Waals surface area contributed by atoms with E-state index in [1.165, 1.54) is 11.3 Å². The van der Waals surface area contributed by atoms with Gasteiger partial charge in [0.15, 0.2) is 5.82 Å². The van der Waals surface area contributed by atoms with Gasteiger partial charge in [0.2, 0.25) is 11.9 Å². The number of thioether (sulfide) groups is 1. The zero-order valence-corrected chi connectivity index (χ0v) is 17.4. The van der Waals surface area contributed by atoms with Gasteiger partial charge in [0.25, 0.3) is 11.1 Å². The Hall–Kier alpha value is -3.44. The van der Waals surface area contributed by atoms with Crippen molar-refractivity contribution in [2.45, 2.75) is 6.54 Å². The number of thiophene rings is 1. The number of imide groups is 1. The molecule has 1 aromatic carbocycles. The quantitative estimate of drug-likeness (QED) is 0.554. The van der Waals surface area contributed by atoms with Crippen LogP contribution in [-0.4, -0.2) is 38.1 Å². The monoisotopic (exact) mass is 440 g/mol. The lowest BCUT2D eigenvalue weighted by molar-refractivity contribution is -0.123. The first-order chi connectivity index (χ1) is 14.5. The number of carbonyl (C=O) groups excluding carboxylic acids is 2. The number of para-hydroxylation sites is 2. The number of benzene rings is 1. The lowest BCUT2D eigenvalue weighted by Crippen LogP contribution is -2.28. The summed E-state index contributed by atoms with van der Waals surface area (Å²) in [5.41, 5.74) is 6.45. The summed E-state index contributed by atoms with van der Waals surface area (Å²) in [4.78, 5) is 39.8. The van der Waals surface area contributed by atoms with Crippen LogP contribution in [0.1, 0.15) is 10.7 Å². The van der Waals surface area contributed by atoms with Gasteiger partial charge in [-0.2, -0.15) is 15.0 Å². The molecule has 3 N–H and O–H groups in total. The minimum Gasteiger partial charge on any atom is -0.495 e. The Morgan fingerprint density at radius 2 is 2.00 bits per heavy atom. The van der Waals surface area contributed by atoms with Crippen molar-refractivity contribution < 1.29 is 14.3 Å². The van der Waals surface area contributed by atoms with Crippen LogP contribution >= 0.6 is 23.1 Å². The number of hydrogen-bond acceptors (Lipinski definition) is 10. The number of nitrogen functional groups attached to an aromatic ring is 1. The van der Waals surface area contributed by atoms with E-state index in [4.69, 9.17) is 10.5 Å². The van der Waals surface area contributed by atoms with Crippen molar-refractivity contribution in [3.8, 4) is 5.75 Å². The average Bonchev–Trinajstić information content (AvgIpc) is 3.32. The number of nitrogens with zero attached hydrogens (tertiary/aromatic N) is 4. The molecule has 2 amide bonds. The Labute approximate surface area is 180 Å². The lowest BCUT2D eigenvalue weighted by atomic mass is 10.3. The van der Waals surface area contributed by atoms with Crippen molar-refractivity contribution in [1.82, 2.24) is 19.9 Å². The molecule has 11 heteroatoms. The molecule has 0 bridgehead atoms. The predicted octanol–water partition coefficient (Wildman–Crippen LogP) is 3.50. The van der Waals surface area contributed by atoms with Crippen LogP contribution in [0.3, 0.4) is 0 Å². The highest BCUT2D eigenvalue weighted by atomic mass is 32.2. The summed E-state index contributed by atoms with van der Waals surface area (Å²) >= 11 is 2.37. The molecule has 0 atom stereocenters. The second-order valence-electron chi connectivity index (χ2n) is 6.04. The molecule has 152 valence electrons. The Bertz CT molecular complexity index is 1130. The number of methoxy groups -OCH3 is 1. The zero-order valence-electron chi connectivity index (χ0n) is 15.7. The molecule has 0 spiro atoms. The molecule has 3 aromatic rings. The maximum absolute atomic E-state index is 12.7. The molecule has 1 aliphatic heterocycles. The van der Waals surface area contributed by atoms with E-state index in [9.17, 15) is 9.59 Å². The van der Waals surface area contributed by atoms with Crippen LogP contribution in [0, 0.1) is 0 Å². The first-order valence-corrected chi connectivity index (χ1v) is 10.4. The van der Waals surface area contributed by atoms with Gasteiger partial charge in [0, 0.05) is 4.88 Å². The van der Waals surface area contributed by atoms with Crippen molar-refractivity contribution in [3.63, 3.8) is 0 Å². The number of rotatable bonds is 6. The highest BCUT2D eigenvalue weighted by molar-refractivity contribution is 8.18. The van der Waals surface area contributed by atoms with E-state index in [0.29, 0.717) is 16.3 Å². The van der Waals surface area contributed by atoms with E-state index in [2.05, 4.69) is 20.3 Å². The lowest BCUT2D eigenvalue weighted by Gasteiger charge is -2.13. The second-order valence-corrected chi connectivity index (χ2v) is 8.01. The molecule has 2 aromatic heterocycles. The van der Waals surface area contributed by atoms with Gasteiger partial charge in [0.05, 0.1) is 24.2 Å². The fraction of sp³-hybridized carbons (Fsp3) is 0.105. The summed E-state index contributed by atoms with van der Waals surface area (Å²) < 4.78 is 5.30. The van der Waals surface area contributed by atoms with Crippen LogP contribution < -0.4 is 15.8 Å². The van der Waals surface area contributed by atoms with E-state index in [0.717, 1.165) is 21.5 Å². The average molecular weight is 441 g/mol. The van der Waals surface area contributed by atoms with Crippen LogP contribution in [-0.2, 0) is 11.3 Å². The predicted molar refractivity (Wildman–Crippen MR) is 116 cm³/mol. The van der Waals surface area contributed by atoms with Crippen molar-refractivity contribution >= 4 is 57.9 Å². The molecule has 0 aliphatic carbocycles. The number of nitrogens with one attached hydrogen (secondary N) is 1. The minimum absolute atomic E-state index is 0.0292. The third-order valence-corrected chi connectivity index (χ3v) is 5.77. The van der Waals surface area contributed by atoms with E-state index in [1.54, 1.807) is 25.3 Å². The van der Waals surface area contributed by atoms with Gasteiger partial charge < -0.3 is 15.8 Å².